The van der Waals surface area contributed by atoms with E-state index in [1.807, 2.05) is 6.92 Å². The van der Waals surface area contributed by atoms with Crippen molar-refractivity contribution in [2.75, 3.05) is 5.32 Å². The fourth-order valence-electron chi connectivity index (χ4n) is 1.22. The van der Waals surface area contributed by atoms with E-state index >= 15 is 0 Å². The summed E-state index contributed by atoms with van der Waals surface area (Å²) in [5.41, 5.74) is 2.07. The molecule has 1 amide bonds. The number of amides is 1. The van der Waals surface area contributed by atoms with E-state index in [4.69, 9.17) is 0 Å². The second-order valence-electron chi connectivity index (χ2n) is 3.33. The smallest absolute Gasteiger partial charge is 0.222 e. The summed E-state index contributed by atoms with van der Waals surface area (Å²) in [6, 6.07) is 0. The van der Waals surface area contributed by atoms with Crippen LogP contribution in [0.2, 0.25) is 0 Å². The number of hydrogen-bond donors (Lipinski definition) is 2. The number of aromatic hydroxyl groups is 1. The fourth-order valence-corrected chi connectivity index (χ4v) is 1.22. The molecule has 2 N–H and O–H groups in total. The molecule has 0 aromatic carbocycles. The van der Waals surface area contributed by atoms with Crippen LogP contribution in [0.25, 0.3) is 0 Å². The van der Waals surface area contributed by atoms with E-state index in [1.165, 1.54) is 6.92 Å². The molecule has 0 bridgehead atoms. The van der Waals surface area contributed by atoms with Crippen molar-refractivity contribution < 1.29 is 9.90 Å². The number of aryl methyl sites for hydroxylation is 1. The molecule has 0 atom stereocenters. The van der Waals surface area contributed by atoms with Gasteiger partial charge in [0.1, 0.15) is 11.6 Å². The molecule has 4 nitrogen and oxygen atoms in total. The third-order valence-corrected chi connectivity index (χ3v) is 2.19. The SMILES string of the molecule is CC(=O)Nc1nc(C)c(O)c(C)c1C. The first-order chi connectivity index (χ1) is 6.43. The number of carbonyl (C=O) groups excluding carboxylic acids is 1. The Balaban J connectivity index is 3.25. The molecular weight excluding hydrogens is 180 g/mol. The molecule has 1 aromatic rings. The van der Waals surface area contributed by atoms with E-state index in [2.05, 4.69) is 10.3 Å². The number of anilines is 1. The number of nitrogens with zero attached hydrogens (tertiary/aromatic N) is 1. The number of nitrogens with one attached hydrogen (secondary N) is 1. The maximum Gasteiger partial charge on any atom is 0.222 e. The topological polar surface area (TPSA) is 62.2 Å². The Morgan fingerprint density at radius 3 is 2.36 bits per heavy atom. The first kappa shape index (κ1) is 10.5. The number of pyridine rings is 1. The number of hydrogen-bond acceptors (Lipinski definition) is 3. The van der Waals surface area contributed by atoms with Crippen LogP contribution in [0.5, 0.6) is 5.75 Å². The molecule has 0 radical (unpaired) electrons. The quantitative estimate of drug-likeness (QED) is 0.714. The van der Waals surface area contributed by atoms with Gasteiger partial charge in [-0.1, -0.05) is 0 Å². The van der Waals surface area contributed by atoms with Crippen LogP contribution >= 0.6 is 0 Å². The van der Waals surface area contributed by atoms with E-state index in [9.17, 15) is 9.90 Å². The van der Waals surface area contributed by atoms with Crippen molar-refractivity contribution in [2.45, 2.75) is 27.7 Å². The highest BCUT2D eigenvalue weighted by atomic mass is 16.3. The molecule has 0 aliphatic rings. The Bertz CT molecular complexity index is 386. The summed E-state index contributed by atoms with van der Waals surface area (Å²) >= 11 is 0. The highest BCUT2D eigenvalue weighted by molar-refractivity contribution is 5.88. The summed E-state index contributed by atoms with van der Waals surface area (Å²) in [6.45, 7) is 6.74. The van der Waals surface area contributed by atoms with Crippen molar-refractivity contribution in [3.8, 4) is 5.75 Å². The first-order valence-corrected chi connectivity index (χ1v) is 4.37. The van der Waals surface area contributed by atoms with Crippen molar-refractivity contribution in [3.63, 3.8) is 0 Å². The second kappa shape index (κ2) is 3.65. The van der Waals surface area contributed by atoms with Crippen LogP contribution in [-0.4, -0.2) is 16.0 Å². The summed E-state index contributed by atoms with van der Waals surface area (Å²) in [6.07, 6.45) is 0. The number of aromatic nitrogens is 1. The summed E-state index contributed by atoms with van der Waals surface area (Å²) in [5.74, 6) is 0.548. The molecule has 0 unspecified atom stereocenters. The minimum absolute atomic E-state index is 0.162. The highest BCUT2D eigenvalue weighted by Gasteiger charge is 2.11. The molecule has 76 valence electrons. The van der Waals surface area contributed by atoms with Crippen LogP contribution < -0.4 is 5.32 Å². The molecule has 1 heterocycles. The standard InChI is InChI=1S/C10H14N2O2/c1-5-6(2)10(12-8(4)13)11-7(3)9(5)14/h14H,1-4H3,(H,11,12,13). The highest BCUT2D eigenvalue weighted by Crippen LogP contribution is 2.27. The monoisotopic (exact) mass is 194 g/mol. The van der Waals surface area contributed by atoms with Crippen molar-refractivity contribution in [1.82, 2.24) is 4.98 Å². The maximum absolute atomic E-state index is 10.9. The van der Waals surface area contributed by atoms with E-state index in [1.54, 1.807) is 13.8 Å². The third-order valence-electron chi connectivity index (χ3n) is 2.19. The van der Waals surface area contributed by atoms with Crippen LogP contribution in [0.3, 0.4) is 0 Å². The van der Waals surface area contributed by atoms with Gasteiger partial charge in [-0.2, -0.15) is 0 Å². The summed E-state index contributed by atoms with van der Waals surface area (Å²) in [7, 11) is 0. The van der Waals surface area contributed by atoms with Crippen molar-refractivity contribution in [3.05, 3.63) is 16.8 Å². The van der Waals surface area contributed by atoms with Crippen molar-refractivity contribution in [2.24, 2.45) is 0 Å². The first-order valence-electron chi connectivity index (χ1n) is 4.37. The molecule has 0 aliphatic heterocycles. The van der Waals surface area contributed by atoms with Crippen LogP contribution in [-0.2, 0) is 4.79 Å². The van der Waals surface area contributed by atoms with E-state index in [-0.39, 0.29) is 11.7 Å². The average molecular weight is 194 g/mol. The van der Waals surface area contributed by atoms with Gasteiger partial charge in [0.15, 0.2) is 0 Å². The molecule has 4 heteroatoms. The van der Waals surface area contributed by atoms with Gasteiger partial charge in [0.25, 0.3) is 0 Å². The third kappa shape index (κ3) is 1.84. The molecule has 1 rings (SSSR count). The minimum Gasteiger partial charge on any atom is -0.506 e. The maximum atomic E-state index is 10.9. The lowest BCUT2D eigenvalue weighted by Gasteiger charge is -2.11. The summed E-state index contributed by atoms with van der Waals surface area (Å²) < 4.78 is 0. The summed E-state index contributed by atoms with van der Waals surface area (Å²) in [4.78, 5) is 15.0. The lowest BCUT2D eigenvalue weighted by atomic mass is 10.1. The van der Waals surface area contributed by atoms with Gasteiger partial charge in [0, 0.05) is 6.92 Å². The van der Waals surface area contributed by atoms with Crippen molar-refractivity contribution >= 4 is 11.7 Å². The minimum atomic E-state index is -0.162. The Hall–Kier alpha value is -1.58. The van der Waals surface area contributed by atoms with Gasteiger partial charge in [-0.15, -0.1) is 0 Å². The molecular formula is C10H14N2O2. The molecule has 0 fully saturated rings. The van der Waals surface area contributed by atoms with Gasteiger partial charge < -0.3 is 10.4 Å². The van der Waals surface area contributed by atoms with Crippen LogP contribution in [0.1, 0.15) is 23.7 Å². The second-order valence-corrected chi connectivity index (χ2v) is 3.33. The number of carbonyl (C=O) groups is 1. The van der Waals surface area contributed by atoms with Crippen molar-refractivity contribution in [1.29, 1.82) is 0 Å². The Kier molecular flexibility index (Phi) is 2.74. The lowest BCUT2D eigenvalue weighted by molar-refractivity contribution is -0.114. The predicted molar refractivity (Wildman–Crippen MR) is 54.4 cm³/mol. The molecule has 1 aromatic heterocycles. The van der Waals surface area contributed by atoms with Crippen LogP contribution in [0.15, 0.2) is 0 Å². The fraction of sp³-hybridized carbons (Fsp3) is 0.400. The van der Waals surface area contributed by atoms with Crippen LogP contribution in [0, 0.1) is 20.8 Å². The normalized spacial score (nSPS) is 10.0. The van der Waals surface area contributed by atoms with Gasteiger partial charge in [-0.3, -0.25) is 4.79 Å². The molecule has 0 spiro atoms. The Morgan fingerprint density at radius 1 is 1.29 bits per heavy atom. The van der Waals surface area contributed by atoms with Gasteiger partial charge in [0.2, 0.25) is 5.91 Å². The number of rotatable bonds is 1. The van der Waals surface area contributed by atoms with E-state index < -0.39 is 0 Å². The zero-order valence-electron chi connectivity index (χ0n) is 8.80. The van der Waals surface area contributed by atoms with Crippen LogP contribution in [0.4, 0.5) is 5.82 Å². The average Bonchev–Trinajstić information content (AvgIpc) is 2.10. The molecule has 14 heavy (non-hydrogen) atoms. The largest absolute Gasteiger partial charge is 0.506 e. The zero-order valence-corrected chi connectivity index (χ0v) is 8.80. The van der Waals surface area contributed by atoms with Gasteiger partial charge >= 0.3 is 0 Å². The Labute approximate surface area is 83.0 Å². The van der Waals surface area contributed by atoms with Gasteiger partial charge in [0.05, 0.1) is 5.69 Å². The van der Waals surface area contributed by atoms with E-state index in [0.29, 0.717) is 11.5 Å². The predicted octanol–water partition coefficient (Wildman–Crippen LogP) is 1.67. The molecule has 0 saturated heterocycles. The zero-order chi connectivity index (χ0) is 10.9. The summed E-state index contributed by atoms with van der Waals surface area (Å²) in [5, 5.41) is 12.2. The lowest BCUT2D eigenvalue weighted by Crippen LogP contribution is -2.10. The molecule has 0 aliphatic carbocycles. The van der Waals surface area contributed by atoms with E-state index in [0.717, 1.165) is 11.1 Å². The Morgan fingerprint density at radius 2 is 1.86 bits per heavy atom. The van der Waals surface area contributed by atoms with Gasteiger partial charge in [-0.25, -0.2) is 4.98 Å². The molecule has 0 saturated carbocycles. The van der Waals surface area contributed by atoms with Gasteiger partial charge in [-0.05, 0) is 31.9 Å².